The summed E-state index contributed by atoms with van der Waals surface area (Å²) in [5.74, 6) is 0.840. The van der Waals surface area contributed by atoms with E-state index in [1.165, 1.54) is 12.1 Å². The van der Waals surface area contributed by atoms with Crippen LogP contribution < -0.4 is 11.1 Å². The van der Waals surface area contributed by atoms with Crippen LogP contribution in [0.5, 0.6) is 0 Å². The maximum Gasteiger partial charge on any atom is 0.220 e. The third-order valence-corrected chi connectivity index (χ3v) is 5.40. The summed E-state index contributed by atoms with van der Waals surface area (Å²) in [4.78, 5) is 15.6. The fraction of sp³-hybridized carbons (Fsp3) is 0.318. The van der Waals surface area contributed by atoms with Gasteiger partial charge in [0, 0.05) is 37.1 Å². The monoisotopic (exact) mass is 392 g/mol. The predicted octanol–water partition coefficient (Wildman–Crippen LogP) is 4.03. The number of nitrogen functional groups attached to an aromatic ring is 1. The largest absolute Gasteiger partial charge is 0.373 e. The van der Waals surface area contributed by atoms with E-state index in [0.29, 0.717) is 0 Å². The van der Waals surface area contributed by atoms with Gasteiger partial charge < -0.3 is 11.1 Å². The lowest BCUT2D eigenvalue weighted by Crippen LogP contribution is -2.34. The molecule has 1 aliphatic rings. The van der Waals surface area contributed by atoms with Crippen LogP contribution in [0.1, 0.15) is 36.6 Å². The molecule has 3 heterocycles. The molecule has 29 heavy (non-hydrogen) atoms. The Labute approximate surface area is 170 Å². The second kappa shape index (κ2) is 8.53. The first-order chi connectivity index (χ1) is 14.2. The smallest absolute Gasteiger partial charge is 0.220 e. The van der Waals surface area contributed by atoms with Crippen molar-refractivity contribution < 1.29 is 4.39 Å². The molecule has 0 aliphatic carbocycles. The van der Waals surface area contributed by atoms with Crippen molar-refractivity contribution in [3.8, 4) is 11.1 Å². The molecule has 0 amide bonds. The van der Waals surface area contributed by atoms with Crippen LogP contribution in [-0.2, 0) is 6.54 Å². The van der Waals surface area contributed by atoms with Crippen molar-refractivity contribution in [3.05, 3.63) is 65.9 Å². The van der Waals surface area contributed by atoms with E-state index in [9.17, 15) is 4.39 Å². The van der Waals surface area contributed by atoms with Crippen LogP contribution in [0.4, 0.5) is 16.2 Å². The van der Waals surface area contributed by atoms with Crippen molar-refractivity contribution in [3.63, 3.8) is 0 Å². The molecule has 6 nitrogen and oxygen atoms in total. The van der Waals surface area contributed by atoms with Crippen molar-refractivity contribution >= 4 is 11.8 Å². The van der Waals surface area contributed by atoms with Crippen molar-refractivity contribution in [2.75, 3.05) is 24.6 Å². The number of rotatable bonds is 5. The van der Waals surface area contributed by atoms with E-state index >= 15 is 0 Å². The highest BCUT2D eigenvalue weighted by Gasteiger charge is 2.28. The van der Waals surface area contributed by atoms with Gasteiger partial charge in [0.25, 0.3) is 0 Å². The molecule has 0 bridgehead atoms. The predicted molar refractivity (Wildman–Crippen MR) is 113 cm³/mol. The zero-order valence-electron chi connectivity index (χ0n) is 16.5. The molecule has 2 aromatic heterocycles. The number of hydrogen-bond donors (Lipinski definition) is 2. The highest BCUT2D eigenvalue weighted by Crippen LogP contribution is 2.37. The number of nitrogens with one attached hydrogen (secondary N) is 1. The van der Waals surface area contributed by atoms with Crippen LogP contribution in [0.2, 0.25) is 0 Å². The number of likely N-dealkylation sites (tertiary alicyclic amines) is 1. The Morgan fingerprint density at radius 1 is 1.21 bits per heavy atom. The fourth-order valence-corrected chi connectivity index (χ4v) is 4.04. The topological polar surface area (TPSA) is 80.0 Å². The number of piperidine rings is 1. The van der Waals surface area contributed by atoms with Gasteiger partial charge in [0.15, 0.2) is 0 Å². The van der Waals surface area contributed by atoms with Gasteiger partial charge in [0.05, 0.1) is 11.7 Å². The van der Waals surface area contributed by atoms with Crippen LogP contribution in [-0.4, -0.2) is 33.4 Å². The molecule has 7 heteroatoms. The Morgan fingerprint density at radius 3 is 2.93 bits per heavy atom. The Morgan fingerprint density at radius 2 is 2.10 bits per heavy atom. The van der Waals surface area contributed by atoms with Gasteiger partial charge in [-0.05, 0) is 43.1 Å². The van der Waals surface area contributed by atoms with E-state index in [0.717, 1.165) is 60.6 Å². The first-order valence-electron chi connectivity index (χ1n) is 9.89. The van der Waals surface area contributed by atoms with E-state index in [1.54, 1.807) is 18.5 Å². The van der Waals surface area contributed by atoms with Gasteiger partial charge in [-0.3, -0.25) is 4.90 Å². The third kappa shape index (κ3) is 4.19. The van der Waals surface area contributed by atoms with Crippen LogP contribution in [0.3, 0.4) is 0 Å². The molecular weight excluding hydrogens is 367 g/mol. The number of aromatic nitrogens is 3. The minimum absolute atomic E-state index is 0.0808. The van der Waals surface area contributed by atoms with E-state index in [-0.39, 0.29) is 17.8 Å². The molecule has 1 fully saturated rings. The summed E-state index contributed by atoms with van der Waals surface area (Å²) in [6, 6.07) is 10.7. The van der Waals surface area contributed by atoms with E-state index in [1.807, 2.05) is 19.2 Å². The van der Waals surface area contributed by atoms with Crippen molar-refractivity contribution in [2.24, 2.45) is 0 Å². The molecular formula is C22H25FN6. The summed E-state index contributed by atoms with van der Waals surface area (Å²) < 4.78 is 13.9. The molecule has 1 saturated heterocycles. The first kappa shape index (κ1) is 19.3. The minimum Gasteiger partial charge on any atom is -0.373 e. The normalized spacial score (nSPS) is 17.2. The molecule has 4 rings (SSSR count). The molecule has 1 unspecified atom stereocenters. The Hall–Kier alpha value is -3.06. The number of nitrogens with zero attached hydrogens (tertiary/aromatic N) is 4. The zero-order chi connectivity index (χ0) is 20.2. The summed E-state index contributed by atoms with van der Waals surface area (Å²) in [5.41, 5.74) is 9.54. The van der Waals surface area contributed by atoms with E-state index in [4.69, 9.17) is 5.73 Å². The van der Waals surface area contributed by atoms with Crippen LogP contribution in [0.15, 0.2) is 48.8 Å². The van der Waals surface area contributed by atoms with Gasteiger partial charge in [0.2, 0.25) is 5.95 Å². The molecule has 1 aromatic carbocycles. The third-order valence-electron chi connectivity index (χ3n) is 5.40. The van der Waals surface area contributed by atoms with E-state index < -0.39 is 0 Å². The number of halogens is 1. The summed E-state index contributed by atoms with van der Waals surface area (Å²) in [6.45, 7) is 1.70. The SMILES string of the molecule is CNc1ncccc1CN1CCCCC1c1nc(N)ncc1-c1cccc(F)c1. The highest BCUT2D eigenvalue weighted by molar-refractivity contribution is 5.66. The molecule has 150 valence electrons. The molecule has 0 radical (unpaired) electrons. The average Bonchev–Trinajstić information content (AvgIpc) is 2.74. The Bertz CT molecular complexity index is 993. The second-order valence-electron chi connectivity index (χ2n) is 7.28. The Kier molecular flexibility index (Phi) is 5.67. The quantitative estimate of drug-likeness (QED) is 0.682. The van der Waals surface area contributed by atoms with Crippen LogP contribution >= 0.6 is 0 Å². The summed E-state index contributed by atoms with van der Waals surface area (Å²) >= 11 is 0. The molecule has 0 saturated carbocycles. The summed E-state index contributed by atoms with van der Waals surface area (Å²) in [7, 11) is 1.88. The van der Waals surface area contributed by atoms with Gasteiger partial charge in [-0.1, -0.05) is 24.6 Å². The number of anilines is 2. The minimum atomic E-state index is -0.278. The molecule has 1 atom stereocenters. The average molecular weight is 392 g/mol. The number of pyridine rings is 1. The second-order valence-corrected chi connectivity index (χ2v) is 7.28. The summed E-state index contributed by atoms with van der Waals surface area (Å²) in [5, 5.41) is 3.17. The van der Waals surface area contributed by atoms with E-state index in [2.05, 4.69) is 31.2 Å². The lowest BCUT2D eigenvalue weighted by atomic mass is 9.93. The molecule has 3 aromatic rings. The maximum absolute atomic E-state index is 13.9. The van der Waals surface area contributed by atoms with Crippen molar-refractivity contribution in [2.45, 2.75) is 31.8 Å². The number of hydrogen-bond acceptors (Lipinski definition) is 6. The van der Waals surface area contributed by atoms with Gasteiger partial charge >= 0.3 is 0 Å². The van der Waals surface area contributed by atoms with Crippen molar-refractivity contribution in [1.29, 1.82) is 0 Å². The lowest BCUT2D eigenvalue weighted by Gasteiger charge is -2.36. The molecule has 3 N–H and O–H groups in total. The lowest BCUT2D eigenvalue weighted by molar-refractivity contribution is 0.138. The van der Waals surface area contributed by atoms with Crippen LogP contribution in [0.25, 0.3) is 11.1 Å². The van der Waals surface area contributed by atoms with Gasteiger partial charge in [-0.25, -0.2) is 19.3 Å². The molecule has 0 spiro atoms. The number of benzene rings is 1. The first-order valence-corrected chi connectivity index (χ1v) is 9.89. The van der Waals surface area contributed by atoms with Crippen molar-refractivity contribution in [1.82, 2.24) is 19.9 Å². The van der Waals surface area contributed by atoms with Gasteiger partial charge in [-0.2, -0.15) is 0 Å². The number of nitrogens with two attached hydrogens (primary N) is 1. The van der Waals surface area contributed by atoms with Gasteiger partial charge in [-0.15, -0.1) is 0 Å². The maximum atomic E-state index is 13.9. The summed E-state index contributed by atoms with van der Waals surface area (Å²) in [6.07, 6.45) is 6.70. The zero-order valence-corrected chi connectivity index (χ0v) is 16.5. The Balaban J connectivity index is 1.73. The van der Waals surface area contributed by atoms with Crippen LogP contribution in [0, 0.1) is 5.82 Å². The fourth-order valence-electron chi connectivity index (χ4n) is 4.04. The molecule has 1 aliphatic heterocycles. The van der Waals surface area contributed by atoms with Gasteiger partial charge in [0.1, 0.15) is 11.6 Å². The highest BCUT2D eigenvalue weighted by atomic mass is 19.1. The standard InChI is InChI=1S/C22H25FN6/c1-25-21-16(7-5-10-26-21)14-29-11-3-2-9-19(29)20-18(13-27-22(24)28-20)15-6-4-8-17(23)12-15/h4-8,10,12-13,19H,2-3,9,11,14H2,1H3,(H,25,26)(H2,24,27,28).